The Morgan fingerprint density at radius 3 is 1.85 bits per heavy atom. The van der Waals surface area contributed by atoms with E-state index in [9.17, 15) is 9.90 Å². The molecule has 0 spiro atoms. The highest BCUT2D eigenvalue weighted by Gasteiger charge is 1.90. The van der Waals surface area contributed by atoms with Gasteiger partial charge in [-0.05, 0) is 44.9 Å². The van der Waals surface area contributed by atoms with E-state index in [0.717, 1.165) is 38.5 Å². The molecule has 0 N–H and O–H groups in total. The third kappa shape index (κ3) is 16.9. The molecule has 0 atom stereocenters. The summed E-state index contributed by atoms with van der Waals surface area (Å²) in [7, 11) is 0. The van der Waals surface area contributed by atoms with Crippen molar-refractivity contribution in [2.24, 2.45) is 0 Å². The average Bonchev–Trinajstić information content (AvgIpc) is 2.43. The van der Waals surface area contributed by atoms with E-state index in [1.807, 2.05) is 0 Å². The fourth-order valence-corrected chi connectivity index (χ4v) is 2.05. The number of hydrogen-bond donors (Lipinski definition) is 0. The molecular formula is C18H31O2-. The summed E-state index contributed by atoms with van der Waals surface area (Å²) >= 11 is 0. The van der Waals surface area contributed by atoms with E-state index in [1.54, 1.807) is 0 Å². The van der Waals surface area contributed by atoms with Crippen LogP contribution in [-0.4, -0.2) is 5.97 Å². The third-order valence-electron chi connectivity index (χ3n) is 3.31. The zero-order valence-electron chi connectivity index (χ0n) is 13.1. The molecule has 0 rings (SSSR count). The summed E-state index contributed by atoms with van der Waals surface area (Å²) in [6.07, 6.45) is 21.9. The number of rotatable bonds is 14. The molecule has 20 heavy (non-hydrogen) atoms. The number of carbonyl (C=O) groups excluding carboxylic acids is 1. The maximum absolute atomic E-state index is 10.2. The van der Waals surface area contributed by atoms with Crippen molar-refractivity contribution in [3.05, 3.63) is 24.3 Å². The minimum atomic E-state index is -0.920. The van der Waals surface area contributed by atoms with Gasteiger partial charge in [-0.25, -0.2) is 0 Å². The lowest BCUT2D eigenvalue weighted by Crippen LogP contribution is -2.21. The first kappa shape index (κ1) is 18.9. The zero-order valence-corrected chi connectivity index (χ0v) is 13.1. The summed E-state index contributed by atoms with van der Waals surface area (Å²) < 4.78 is 0. The molecule has 0 unspecified atom stereocenters. The van der Waals surface area contributed by atoms with Crippen molar-refractivity contribution in [1.29, 1.82) is 0 Å². The maximum atomic E-state index is 10.2. The van der Waals surface area contributed by atoms with Gasteiger partial charge < -0.3 is 9.90 Å². The van der Waals surface area contributed by atoms with Crippen molar-refractivity contribution in [3.63, 3.8) is 0 Å². The molecular weight excluding hydrogens is 248 g/mol. The monoisotopic (exact) mass is 279 g/mol. The summed E-state index contributed by atoms with van der Waals surface area (Å²) in [5, 5.41) is 10.2. The van der Waals surface area contributed by atoms with Crippen LogP contribution in [0.4, 0.5) is 0 Å². The predicted octanol–water partition coefficient (Wildman–Crippen LogP) is 4.55. The van der Waals surface area contributed by atoms with Crippen LogP contribution in [0.1, 0.15) is 84.0 Å². The molecule has 0 aromatic carbocycles. The summed E-state index contributed by atoms with van der Waals surface area (Å²) in [5.41, 5.74) is 0. The fourth-order valence-electron chi connectivity index (χ4n) is 2.05. The van der Waals surface area contributed by atoms with Gasteiger partial charge in [0.15, 0.2) is 0 Å². The first-order valence-corrected chi connectivity index (χ1v) is 8.27. The Hall–Kier alpha value is -1.05. The van der Waals surface area contributed by atoms with Crippen molar-refractivity contribution >= 4 is 5.97 Å². The number of carboxylic acid groups (broad SMARTS) is 1. The Kier molecular flexibility index (Phi) is 15.2. The normalized spacial score (nSPS) is 11.7. The van der Waals surface area contributed by atoms with E-state index in [4.69, 9.17) is 0 Å². The molecule has 116 valence electrons. The molecule has 2 heteroatoms. The molecule has 0 saturated carbocycles. The van der Waals surface area contributed by atoms with Crippen LogP contribution in [0.5, 0.6) is 0 Å². The molecule has 0 aliphatic rings. The van der Waals surface area contributed by atoms with Gasteiger partial charge in [0.2, 0.25) is 0 Å². The first-order valence-electron chi connectivity index (χ1n) is 8.27. The van der Waals surface area contributed by atoms with E-state index in [1.165, 1.54) is 32.1 Å². The largest absolute Gasteiger partial charge is 0.550 e. The summed E-state index contributed by atoms with van der Waals surface area (Å²) in [5.74, 6) is -0.920. The quantitative estimate of drug-likeness (QED) is 0.346. The van der Waals surface area contributed by atoms with Crippen LogP contribution in [0.3, 0.4) is 0 Å². The number of carboxylic acids is 1. The highest BCUT2D eigenvalue weighted by Crippen LogP contribution is 2.07. The first-order chi connectivity index (χ1) is 9.77. The SMILES string of the molecule is CCCCC=CCCC=CCCCCCCCC(=O)[O-]. The third-order valence-corrected chi connectivity index (χ3v) is 3.31. The summed E-state index contributed by atoms with van der Waals surface area (Å²) in [6, 6.07) is 0. The smallest absolute Gasteiger partial charge is 0.0414 e. The highest BCUT2D eigenvalue weighted by atomic mass is 16.4. The van der Waals surface area contributed by atoms with Gasteiger partial charge in [0.05, 0.1) is 0 Å². The molecule has 0 fully saturated rings. The molecule has 0 aliphatic heterocycles. The minimum Gasteiger partial charge on any atom is -0.550 e. The number of allylic oxidation sites excluding steroid dienone is 4. The highest BCUT2D eigenvalue weighted by molar-refractivity contribution is 5.63. The second-order valence-corrected chi connectivity index (χ2v) is 5.34. The van der Waals surface area contributed by atoms with Gasteiger partial charge in [-0.1, -0.05) is 63.3 Å². The number of hydrogen-bond acceptors (Lipinski definition) is 2. The Morgan fingerprint density at radius 1 is 0.750 bits per heavy atom. The maximum Gasteiger partial charge on any atom is 0.0414 e. The Morgan fingerprint density at radius 2 is 1.25 bits per heavy atom. The second kappa shape index (κ2) is 16.0. The molecule has 0 aromatic heterocycles. The number of unbranched alkanes of at least 4 members (excludes halogenated alkanes) is 8. The Balaban J connectivity index is 3.16. The van der Waals surface area contributed by atoms with E-state index >= 15 is 0 Å². The van der Waals surface area contributed by atoms with Crippen molar-refractivity contribution in [2.45, 2.75) is 84.0 Å². The Labute approximate surface area is 125 Å². The fraction of sp³-hybridized carbons (Fsp3) is 0.722. The summed E-state index contributed by atoms with van der Waals surface area (Å²) in [6.45, 7) is 2.22. The van der Waals surface area contributed by atoms with Crippen LogP contribution in [0.25, 0.3) is 0 Å². The van der Waals surface area contributed by atoms with E-state index in [-0.39, 0.29) is 6.42 Å². The van der Waals surface area contributed by atoms with Crippen LogP contribution in [0.2, 0.25) is 0 Å². The van der Waals surface area contributed by atoms with E-state index in [0.29, 0.717) is 0 Å². The number of carbonyl (C=O) groups is 1. The molecule has 0 heterocycles. The standard InChI is InChI=1S/C18H32O2/c1-2-3-4-5-6-7-8-9-10-11-12-13-14-15-16-17-18(19)20/h5-6,9-10H,2-4,7-8,11-17H2,1H3,(H,19,20)/p-1. The molecule has 0 aromatic rings. The zero-order chi connectivity index (χ0) is 14.9. The number of aliphatic carboxylic acids is 1. The minimum absolute atomic E-state index is 0.214. The molecule has 0 aliphatic carbocycles. The molecule has 0 bridgehead atoms. The molecule has 0 amide bonds. The lowest BCUT2D eigenvalue weighted by Gasteiger charge is -2.01. The Bertz CT molecular complexity index is 267. The van der Waals surface area contributed by atoms with Gasteiger partial charge in [-0.2, -0.15) is 0 Å². The van der Waals surface area contributed by atoms with Crippen molar-refractivity contribution in [3.8, 4) is 0 Å². The van der Waals surface area contributed by atoms with Crippen molar-refractivity contribution in [1.82, 2.24) is 0 Å². The van der Waals surface area contributed by atoms with Gasteiger partial charge in [0, 0.05) is 5.97 Å². The van der Waals surface area contributed by atoms with Gasteiger partial charge in [-0.15, -0.1) is 0 Å². The molecule has 0 saturated heterocycles. The van der Waals surface area contributed by atoms with Crippen LogP contribution in [0.15, 0.2) is 24.3 Å². The van der Waals surface area contributed by atoms with Gasteiger partial charge in [-0.3, -0.25) is 0 Å². The predicted molar refractivity (Wildman–Crippen MR) is 84.4 cm³/mol. The van der Waals surface area contributed by atoms with E-state index < -0.39 is 5.97 Å². The second-order valence-electron chi connectivity index (χ2n) is 5.34. The summed E-state index contributed by atoms with van der Waals surface area (Å²) in [4.78, 5) is 10.2. The topological polar surface area (TPSA) is 40.1 Å². The van der Waals surface area contributed by atoms with Gasteiger partial charge in [0.25, 0.3) is 0 Å². The lowest BCUT2D eigenvalue weighted by molar-refractivity contribution is -0.305. The van der Waals surface area contributed by atoms with Gasteiger partial charge >= 0.3 is 0 Å². The molecule has 2 nitrogen and oxygen atoms in total. The van der Waals surface area contributed by atoms with Crippen LogP contribution < -0.4 is 5.11 Å². The van der Waals surface area contributed by atoms with Gasteiger partial charge in [0.1, 0.15) is 0 Å². The van der Waals surface area contributed by atoms with Crippen molar-refractivity contribution < 1.29 is 9.90 Å². The van der Waals surface area contributed by atoms with E-state index in [2.05, 4.69) is 31.2 Å². The molecule has 0 radical (unpaired) electrons. The van der Waals surface area contributed by atoms with Crippen LogP contribution >= 0.6 is 0 Å². The van der Waals surface area contributed by atoms with Crippen LogP contribution in [0, 0.1) is 0 Å². The van der Waals surface area contributed by atoms with Crippen molar-refractivity contribution in [2.75, 3.05) is 0 Å². The average molecular weight is 279 g/mol. The lowest BCUT2D eigenvalue weighted by atomic mass is 10.1. The van der Waals surface area contributed by atoms with Crippen LogP contribution in [-0.2, 0) is 4.79 Å².